The molecule has 2 aliphatic rings. The average Bonchev–Trinajstić information content (AvgIpc) is 2.84. The van der Waals surface area contributed by atoms with Crippen molar-refractivity contribution in [2.75, 3.05) is 13.4 Å². The molecule has 0 saturated carbocycles. The van der Waals surface area contributed by atoms with E-state index in [0.717, 1.165) is 30.9 Å². The summed E-state index contributed by atoms with van der Waals surface area (Å²) in [6.07, 6.45) is 2.11. The van der Waals surface area contributed by atoms with Crippen LogP contribution >= 0.6 is 0 Å². The van der Waals surface area contributed by atoms with E-state index in [4.69, 9.17) is 14.2 Å². The Kier molecular flexibility index (Phi) is 3.61. The van der Waals surface area contributed by atoms with Gasteiger partial charge in [0.05, 0.1) is 5.60 Å². The van der Waals surface area contributed by atoms with Gasteiger partial charge in [0.1, 0.15) is 0 Å². The third kappa shape index (κ3) is 2.91. The Balaban J connectivity index is 1.65. The molecule has 0 radical (unpaired) electrons. The fourth-order valence-corrected chi connectivity index (χ4v) is 3.01. The van der Waals surface area contributed by atoms with Crippen LogP contribution < -0.4 is 14.8 Å². The fraction of sp³-hybridized carbons (Fsp3) is 0.625. The zero-order valence-corrected chi connectivity index (χ0v) is 12.4. The maximum atomic E-state index is 5.77. The predicted octanol–water partition coefficient (Wildman–Crippen LogP) is 3.02. The lowest BCUT2D eigenvalue weighted by molar-refractivity contribution is -0.0640. The van der Waals surface area contributed by atoms with Crippen LogP contribution in [0.4, 0.5) is 0 Å². The summed E-state index contributed by atoms with van der Waals surface area (Å²) in [5.41, 5.74) is 1.21. The van der Waals surface area contributed by atoms with Gasteiger partial charge in [0.25, 0.3) is 0 Å². The Morgan fingerprint density at radius 3 is 2.85 bits per heavy atom. The normalized spacial score (nSPS) is 25.4. The lowest BCUT2D eigenvalue weighted by atomic mass is 9.93. The van der Waals surface area contributed by atoms with Gasteiger partial charge in [-0.1, -0.05) is 6.07 Å². The van der Waals surface area contributed by atoms with Crippen molar-refractivity contribution in [3.05, 3.63) is 23.8 Å². The molecule has 110 valence electrons. The molecule has 1 fully saturated rings. The SMILES string of the molecule is CC(NC1CCOC(C)(C)C1)c1ccc2c(c1)OCO2. The van der Waals surface area contributed by atoms with Crippen molar-refractivity contribution in [2.24, 2.45) is 0 Å². The summed E-state index contributed by atoms with van der Waals surface area (Å²) in [6, 6.07) is 6.96. The molecular formula is C16H23NO3. The van der Waals surface area contributed by atoms with Crippen LogP contribution in [0.3, 0.4) is 0 Å². The van der Waals surface area contributed by atoms with Crippen molar-refractivity contribution in [1.82, 2.24) is 5.32 Å². The molecular weight excluding hydrogens is 254 g/mol. The van der Waals surface area contributed by atoms with Crippen LogP contribution in [-0.4, -0.2) is 25.0 Å². The van der Waals surface area contributed by atoms with Crippen molar-refractivity contribution < 1.29 is 14.2 Å². The van der Waals surface area contributed by atoms with Crippen molar-refractivity contribution >= 4 is 0 Å². The minimum Gasteiger partial charge on any atom is -0.454 e. The Morgan fingerprint density at radius 2 is 2.05 bits per heavy atom. The zero-order valence-electron chi connectivity index (χ0n) is 12.4. The lowest BCUT2D eigenvalue weighted by Crippen LogP contribution is -2.44. The first kappa shape index (κ1) is 13.7. The molecule has 2 atom stereocenters. The third-order valence-electron chi connectivity index (χ3n) is 4.08. The summed E-state index contributed by atoms with van der Waals surface area (Å²) >= 11 is 0. The highest BCUT2D eigenvalue weighted by Gasteiger charge is 2.29. The second kappa shape index (κ2) is 5.26. The number of ether oxygens (including phenoxy) is 3. The van der Waals surface area contributed by atoms with E-state index in [1.54, 1.807) is 0 Å². The van der Waals surface area contributed by atoms with E-state index in [9.17, 15) is 0 Å². The first-order valence-electron chi connectivity index (χ1n) is 7.33. The van der Waals surface area contributed by atoms with Crippen LogP contribution in [-0.2, 0) is 4.74 Å². The molecule has 0 amide bonds. The molecule has 1 aromatic carbocycles. The second-order valence-corrected chi connectivity index (χ2v) is 6.30. The quantitative estimate of drug-likeness (QED) is 0.922. The van der Waals surface area contributed by atoms with Gasteiger partial charge in [-0.2, -0.15) is 0 Å². The standard InChI is InChI=1S/C16H23NO3/c1-11(17-13-6-7-20-16(2,3)9-13)12-4-5-14-15(8-12)19-10-18-14/h4-5,8,11,13,17H,6-7,9-10H2,1-3H3. The van der Waals surface area contributed by atoms with Crippen LogP contribution in [0, 0.1) is 0 Å². The molecule has 2 unspecified atom stereocenters. The number of hydrogen-bond donors (Lipinski definition) is 1. The zero-order chi connectivity index (χ0) is 14.2. The average molecular weight is 277 g/mol. The molecule has 0 spiro atoms. The Morgan fingerprint density at radius 1 is 1.25 bits per heavy atom. The molecule has 4 nitrogen and oxygen atoms in total. The molecule has 20 heavy (non-hydrogen) atoms. The largest absolute Gasteiger partial charge is 0.454 e. The Labute approximate surface area is 120 Å². The molecule has 0 bridgehead atoms. The molecule has 1 N–H and O–H groups in total. The minimum absolute atomic E-state index is 0.0233. The third-order valence-corrected chi connectivity index (χ3v) is 4.08. The summed E-state index contributed by atoms with van der Waals surface area (Å²) in [6.45, 7) is 7.67. The van der Waals surface area contributed by atoms with Gasteiger partial charge in [-0.05, 0) is 51.3 Å². The van der Waals surface area contributed by atoms with Gasteiger partial charge < -0.3 is 19.5 Å². The van der Waals surface area contributed by atoms with Gasteiger partial charge >= 0.3 is 0 Å². The number of fused-ring (bicyclic) bond motifs is 1. The summed E-state index contributed by atoms with van der Waals surface area (Å²) in [7, 11) is 0. The van der Waals surface area contributed by atoms with Crippen molar-refractivity contribution in [2.45, 2.75) is 51.3 Å². The van der Waals surface area contributed by atoms with Gasteiger partial charge in [-0.3, -0.25) is 0 Å². The van der Waals surface area contributed by atoms with E-state index in [2.05, 4.69) is 38.2 Å². The van der Waals surface area contributed by atoms with Gasteiger partial charge in [-0.25, -0.2) is 0 Å². The number of hydrogen-bond acceptors (Lipinski definition) is 4. The maximum Gasteiger partial charge on any atom is 0.231 e. The highest BCUT2D eigenvalue weighted by molar-refractivity contribution is 5.45. The molecule has 2 aliphatic heterocycles. The summed E-state index contributed by atoms with van der Waals surface area (Å²) in [4.78, 5) is 0. The summed E-state index contributed by atoms with van der Waals surface area (Å²) in [5, 5.41) is 3.71. The van der Waals surface area contributed by atoms with E-state index < -0.39 is 0 Å². The maximum absolute atomic E-state index is 5.77. The van der Waals surface area contributed by atoms with Crippen molar-refractivity contribution in [3.63, 3.8) is 0 Å². The van der Waals surface area contributed by atoms with E-state index in [0.29, 0.717) is 18.9 Å². The molecule has 0 aromatic heterocycles. The number of benzene rings is 1. The van der Waals surface area contributed by atoms with Crippen LogP contribution in [0.5, 0.6) is 11.5 Å². The van der Waals surface area contributed by atoms with E-state index >= 15 is 0 Å². The summed E-state index contributed by atoms with van der Waals surface area (Å²) < 4.78 is 16.6. The van der Waals surface area contributed by atoms with Gasteiger partial charge in [0.2, 0.25) is 6.79 Å². The van der Waals surface area contributed by atoms with Gasteiger partial charge in [0.15, 0.2) is 11.5 Å². The van der Waals surface area contributed by atoms with E-state index in [1.165, 1.54) is 5.56 Å². The predicted molar refractivity (Wildman–Crippen MR) is 77.2 cm³/mol. The van der Waals surface area contributed by atoms with Crippen molar-refractivity contribution in [1.29, 1.82) is 0 Å². The first-order valence-corrected chi connectivity index (χ1v) is 7.33. The first-order chi connectivity index (χ1) is 9.53. The van der Waals surface area contributed by atoms with Crippen LogP contribution in [0.2, 0.25) is 0 Å². The highest BCUT2D eigenvalue weighted by atomic mass is 16.7. The van der Waals surface area contributed by atoms with Crippen LogP contribution in [0.15, 0.2) is 18.2 Å². The minimum atomic E-state index is -0.0233. The van der Waals surface area contributed by atoms with E-state index in [1.807, 2.05) is 6.07 Å². The molecule has 3 rings (SSSR count). The second-order valence-electron chi connectivity index (χ2n) is 6.30. The highest BCUT2D eigenvalue weighted by Crippen LogP contribution is 2.34. The van der Waals surface area contributed by atoms with Crippen LogP contribution in [0.1, 0.15) is 45.2 Å². The number of rotatable bonds is 3. The van der Waals surface area contributed by atoms with E-state index in [-0.39, 0.29) is 5.60 Å². The topological polar surface area (TPSA) is 39.7 Å². The fourth-order valence-electron chi connectivity index (χ4n) is 3.01. The summed E-state index contributed by atoms with van der Waals surface area (Å²) in [5.74, 6) is 1.69. The lowest BCUT2D eigenvalue weighted by Gasteiger charge is -2.37. The van der Waals surface area contributed by atoms with Crippen molar-refractivity contribution in [3.8, 4) is 11.5 Å². The van der Waals surface area contributed by atoms with Gasteiger partial charge in [0, 0.05) is 18.7 Å². The number of nitrogens with one attached hydrogen (secondary N) is 1. The molecule has 1 saturated heterocycles. The Hall–Kier alpha value is -1.26. The smallest absolute Gasteiger partial charge is 0.231 e. The molecule has 2 heterocycles. The Bertz CT molecular complexity index is 487. The monoisotopic (exact) mass is 277 g/mol. The molecule has 0 aliphatic carbocycles. The molecule has 4 heteroatoms. The van der Waals surface area contributed by atoms with Gasteiger partial charge in [-0.15, -0.1) is 0 Å². The van der Waals surface area contributed by atoms with Crippen LogP contribution in [0.25, 0.3) is 0 Å². The molecule has 1 aromatic rings.